The van der Waals surface area contributed by atoms with E-state index in [1.165, 1.54) is 0 Å². The molecular weight excluding hydrogens is 404 g/mol. The van der Waals surface area contributed by atoms with Crippen LogP contribution in [0.3, 0.4) is 0 Å². The number of carbonyl (C=O) groups is 1. The SMILES string of the molecule is Cl.NCC1CCN(C(=O)C(Oc2ccccc2Br)c2ccccc2)C1. The fraction of sp³-hybridized carbons (Fsp3) is 0.316. The lowest BCUT2D eigenvalue weighted by Crippen LogP contribution is -2.36. The standard InChI is InChI=1S/C19H21BrN2O2.ClH/c20-16-8-4-5-9-17(16)24-18(15-6-2-1-3-7-15)19(23)22-11-10-14(12-21)13-22;/h1-9,14,18H,10-13,21H2;1H. The summed E-state index contributed by atoms with van der Waals surface area (Å²) in [6.45, 7) is 2.06. The van der Waals surface area contributed by atoms with Crippen molar-refractivity contribution in [2.75, 3.05) is 19.6 Å². The fourth-order valence-electron chi connectivity index (χ4n) is 2.95. The molecule has 0 radical (unpaired) electrons. The van der Waals surface area contributed by atoms with Crippen molar-refractivity contribution in [3.63, 3.8) is 0 Å². The Kier molecular flexibility index (Phi) is 7.29. The van der Waals surface area contributed by atoms with Crippen LogP contribution < -0.4 is 10.5 Å². The zero-order valence-corrected chi connectivity index (χ0v) is 16.2. The third-order valence-electron chi connectivity index (χ3n) is 4.34. The van der Waals surface area contributed by atoms with E-state index >= 15 is 0 Å². The Morgan fingerprint density at radius 2 is 1.88 bits per heavy atom. The molecule has 0 bridgehead atoms. The third-order valence-corrected chi connectivity index (χ3v) is 4.99. The number of carbonyl (C=O) groups excluding carboxylic acids is 1. The van der Waals surface area contributed by atoms with E-state index in [2.05, 4.69) is 15.9 Å². The Morgan fingerprint density at radius 1 is 1.20 bits per heavy atom. The van der Waals surface area contributed by atoms with Gasteiger partial charge in [0.1, 0.15) is 5.75 Å². The number of nitrogens with zero attached hydrogens (tertiary/aromatic N) is 1. The van der Waals surface area contributed by atoms with Crippen molar-refractivity contribution in [2.45, 2.75) is 12.5 Å². The molecule has 6 heteroatoms. The van der Waals surface area contributed by atoms with E-state index in [0.717, 1.165) is 23.0 Å². The summed E-state index contributed by atoms with van der Waals surface area (Å²) in [5, 5.41) is 0. The maximum absolute atomic E-state index is 13.1. The van der Waals surface area contributed by atoms with Crippen molar-refractivity contribution in [3.8, 4) is 5.75 Å². The van der Waals surface area contributed by atoms with Crippen molar-refractivity contribution >= 4 is 34.2 Å². The molecule has 1 aliphatic rings. The van der Waals surface area contributed by atoms with Crippen LogP contribution in [-0.2, 0) is 4.79 Å². The number of hydrogen-bond donors (Lipinski definition) is 1. The molecule has 1 aliphatic heterocycles. The number of ether oxygens (including phenoxy) is 1. The molecule has 0 aliphatic carbocycles. The maximum atomic E-state index is 13.1. The average molecular weight is 426 g/mol. The van der Waals surface area contributed by atoms with Gasteiger partial charge in [0.2, 0.25) is 6.10 Å². The molecule has 2 N–H and O–H groups in total. The van der Waals surface area contributed by atoms with Crippen molar-refractivity contribution < 1.29 is 9.53 Å². The smallest absolute Gasteiger partial charge is 0.268 e. The van der Waals surface area contributed by atoms with Gasteiger partial charge in [-0.3, -0.25) is 4.79 Å². The molecule has 2 atom stereocenters. The average Bonchev–Trinajstić information content (AvgIpc) is 3.10. The lowest BCUT2D eigenvalue weighted by Gasteiger charge is -2.25. The largest absolute Gasteiger partial charge is 0.475 e. The summed E-state index contributed by atoms with van der Waals surface area (Å²) in [5.74, 6) is 1.04. The molecule has 2 aromatic rings. The zero-order chi connectivity index (χ0) is 16.9. The fourth-order valence-corrected chi connectivity index (χ4v) is 3.33. The van der Waals surface area contributed by atoms with E-state index in [9.17, 15) is 4.79 Å². The minimum atomic E-state index is -0.651. The molecule has 1 saturated heterocycles. The molecule has 0 aromatic heterocycles. The highest BCUT2D eigenvalue weighted by atomic mass is 79.9. The van der Waals surface area contributed by atoms with Gasteiger partial charge in [0, 0.05) is 18.7 Å². The Bertz CT molecular complexity index is 699. The van der Waals surface area contributed by atoms with Gasteiger partial charge >= 0.3 is 0 Å². The second kappa shape index (κ2) is 9.22. The van der Waals surface area contributed by atoms with Gasteiger partial charge < -0.3 is 15.4 Å². The Hall–Kier alpha value is -1.56. The van der Waals surface area contributed by atoms with Gasteiger partial charge in [-0.2, -0.15) is 0 Å². The number of likely N-dealkylation sites (tertiary alicyclic amines) is 1. The number of nitrogens with two attached hydrogens (primary N) is 1. The lowest BCUT2D eigenvalue weighted by atomic mass is 10.1. The summed E-state index contributed by atoms with van der Waals surface area (Å²) in [7, 11) is 0. The monoisotopic (exact) mass is 424 g/mol. The number of para-hydroxylation sites is 1. The van der Waals surface area contributed by atoms with E-state index in [1.807, 2.05) is 59.5 Å². The van der Waals surface area contributed by atoms with E-state index in [-0.39, 0.29) is 18.3 Å². The van der Waals surface area contributed by atoms with Gasteiger partial charge in [0.25, 0.3) is 5.91 Å². The van der Waals surface area contributed by atoms with Gasteiger partial charge in [-0.05, 0) is 46.9 Å². The van der Waals surface area contributed by atoms with Crippen LogP contribution in [0, 0.1) is 5.92 Å². The van der Waals surface area contributed by atoms with Gasteiger partial charge in [0.15, 0.2) is 0 Å². The van der Waals surface area contributed by atoms with Gasteiger partial charge in [0.05, 0.1) is 4.47 Å². The van der Waals surface area contributed by atoms with Crippen LogP contribution in [0.5, 0.6) is 5.75 Å². The van der Waals surface area contributed by atoms with Crippen molar-refractivity contribution in [3.05, 3.63) is 64.6 Å². The molecule has 0 saturated carbocycles. The molecular formula is C19H22BrClN2O2. The second-order valence-electron chi connectivity index (χ2n) is 6.01. The van der Waals surface area contributed by atoms with Crippen LogP contribution in [0.15, 0.2) is 59.1 Å². The summed E-state index contributed by atoms with van der Waals surface area (Å²) in [5.41, 5.74) is 6.61. The maximum Gasteiger partial charge on any atom is 0.268 e. The van der Waals surface area contributed by atoms with Crippen molar-refractivity contribution in [2.24, 2.45) is 11.7 Å². The minimum absolute atomic E-state index is 0. The highest BCUT2D eigenvalue weighted by Crippen LogP contribution is 2.31. The summed E-state index contributed by atoms with van der Waals surface area (Å²) in [6, 6.07) is 17.2. The number of benzene rings is 2. The first-order valence-electron chi connectivity index (χ1n) is 8.14. The Morgan fingerprint density at radius 3 is 2.52 bits per heavy atom. The first-order chi connectivity index (χ1) is 11.7. The second-order valence-corrected chi connectivity index (χ2v) is 6.87. The summed E-state index contributed by atoms with van der Waals surface area (Å²) < 4.78 is 6.94. The molecule has 0 spiro atoms. The normalized spacial score (nSPS) is 17.7. The van der Waals surface area contributed by atoms with Crippen molar-refractivity contribution in [1.82, 2.24) is 4.90 Å². The predicted molar refractivity (Wildman–Crippen MR) is 105 cm³/mol. The predicted octanol–water partition coefficient (Wildman–Crippen LogP) is 3.80. The topological polar surface area (TPSA) is 55.6 Å². The number of rotatable bonds is 5. The van der Waals surface area contributed by atoms with Gasteiger partial charge in [-0.15, -0.1) is 12.4 Å². The first-order valence-corrected chi connectivity index (χ1v) is 8.93. The van der Waals surface area contributed by atoms with E-state index in [0.29, 0.717) is 24.8 Å². The molecule has 1 amide bonds. The molecule has 2 unspecified atom stereocenters. The summed E-state index contributed by atoms with van der Waals surface area (Å²) in [6.07, 6.45) is 0.306. The molecule has 25 heavy (non-hydrogen) atoms. The highest BCUT2D eigenvalue weighted by Gasteiger charge is 2.32. The quantitative estimate of drug-likeness (QED) is 0.793. The number of hydrogen-bond acceptors (Lipinski definition) is 3. The van der Waals surface area contributed by atoms with Crippen LogP contribution in [-0.4, -0.2) is 30.4 Å². The first kappa shape index (κ1) is 19.8. The molecule has 4 nitrogen and oxygen atoms in total. The van der Waals surface area contributed by atoms with Crippen LogP contribution >= 0.6 is 28.3 Å². The van der Waals surface area contributed by atoms with E-state index in [4.69, 9.17) is 10.5 Å². The molecule has 2 aromatic carbocycles. The molecule has 1 heterocycles. The van der Waals surface area contributed by atoms with Crippen molar-refractivity contribution in [1.29, 1.82) is 0 Å². The zero-order valence-electron chi connectivity index (χ0n) is 13.8. The minimum Gasteiger partial charge on any atom is -0.475 e. The lowest BCUT2D eigenvalue weighted by molar-refractivity contribution is -0.138. The summed E-state index contributed by atoms with van der Waals surface area (Å²) >= 11 is 3.48. The van der Waals surface area contributed by atoms with Crippen LogP contribution in [0.1, 0.15) is 18.1 Å². The number of halogens is 2. The molecule has 3 rings (SSSR count). The molecule has 134 valence electrons. The van der Waals surface area contributed by atoms with E-state index in [1.54, 1.807) is 0 Å². The Balaban J connectivity index is 0.00000225. The van der Waals surface area contributed by atoms with Crippen LogP contribution in [0.2, 0.25) is 0 Å². The number of amides is 1. The third kappa shape index (κ3) is 4.75. The van der Waals surface area contributed by atoms with Gasteiger partial charge in [-0.25, -0.2) is 0 Å². The highest BCUT2D eigenvalue weighted by molar-refractivity contribution is 9.10. The Labute approximate surface area is 162 Å². The van der Waals surface area contributed by atoms with Crippen LogP contribution in [0.25, 0.3) is 0 Å². The molecule has 1 fully saturated rings. The summed E-state index contributed by atoms with van der Waals surface area (Å²) in [4.78, 5) is 14.9. The van der Waals surface area contributed by atoms with Gasteiger partial charge in [-0.1, -0.05) is 42.5 Å². The van der Waals surface area contributed by atoms with Crippen LogP contribution in [0.4, 0.5) is 0 Å². The van der Waals surface area contributed by atoms with E-state index < -0.39 is 6.10 Å².